The lowest BCUT2D eigenvalue weighted by Crippen LogP contribution is -2.42. The second kappa shape index (κ2) is 16.6. The second-order valence-corrected chi connectivity index (χ2v) is 12.6. The van der Waals surface area contributed by atoms with Crippen LogP contribution in [-0.4, -0.2) is 73.9 Å². The Kier molecular flexibility index (Phi) is 14.7. The van der Waals surface area contributed by atoms with Gasteiger partial charge < -0.3 is 33.5 Å². The minimum Gasteiger partial charge on any atom is -0.467 e. The predicted molar refractivity (Wildman–Crippen MR) is 136 cm³/mol. The maximum atomic E-state index is 13.4. The first-order chi connectivity index (χ1) is 17.5. The number of amides is 1. The minimum absolute atomic E-state index is 0.0264. The summed E-state index contributed by atoms with van der Waals surface area (Å²) in [7, 11) is -6.96. The molecule has 1 aromatic rings. The monoisotopic (exact) mass is 565 g/mol. The van der Waals surface area contributed by atoms with Crippen molar-refractivity contribution in [3.63, 3.8) is 0 Å². The second-order valence-electron chi connectivity index (χ2n) is 7.84. The summed E-state index contributed by atoms with van der Waals surface area (Å²) in [4.78, 5) is 47.6. The van der Waals surface area contributed by atoms with Crippen LogP contribution < -0.4 is 5.32 Å². The van der Waals surface area contributed by atoms with E-state index in [1.54, 1.807) is 51.1 Å². The van der Waals surface area contributed by atoms with Crippen LogP contribution in [0.2, 0.25) is 0 Å². The van der Waals surface area contributed by atoms with Crippen molar-refractivity contribution in [2.24, 2.45) is 0 Å². The maximum Gasteiger partial charge on any atom is 0.408 e. The van der Waals surface area contributed by atoms with Crippen molar-refractivity contribution in [3.05, 3.63) is 35.9 Å². The van der Waals surface area contributed by atoms with E-state index in [4.69, 9.17) is 23.3 Å². The van der Waals surface area contributed by atoms with Gasteiger partial charge in [0.15, 0.2) is 0 Å². The normalized spacial score (nSPS) is 14.6. The Morgan fingerprint density at radius 3 is 2.14 bits per heavy atom. The molecule has 0 saturated carbocycles. The van der Waals surface area contributed by atoms with E-state index < -0.39 is 63.4 Å². The van der Waals surface area contributed by atoms with Gasteiger partial charge in [-0.2, -0.15) is 0 Å². The van der Waals surface area contributed by atoms with Crippen LogP contribution in [0.4, 0.5) is 4.79 Å². The summed E-state index contributed by atoms with van der Waals surface area (Å²) in [5.74, 6) is -1.61. The molecule has 2 unspecified atom stereocenters. The highest BCUT2D eigenvalue weighted by molar-refractivity contribution is 7.61. The molecule has 0 fully saturated rings. The molecule has 1 aromatic carbocycles. The molecule has 3 atom stereocenters. The number of methoxy groups -OCH3 is 1. The molecule has 0 aliphatic heterocycles. The van der Waals surface area contributed by atoms with E-state index in [-0.39, 0.29) is 32.8 Å². The summed E-state index contributed by atoms with van der Waals surface area (Å²) in [5, 5.41) is 2.34. The number of hydrogen-bond donors (Lipinski definition) is 2. The fourth-order valence-corrected chi connectivity index (χ4v) is 8.10. The average Bonchev–Trinajstić information content (AvgIpc) is 2.85. The lowest BCUT2D eigenvalue weighted by atomic mass is 10.2. The molecule has 14 heteroatoms. The van der Waals surface area contributed by atoms with Crippen molar-refractivity contribution in [1.82, 2.24) is 5.32 Å². The molecular weight excluding hydrogens is 528 g/mol. The highest BCUT2D eigenvalue weighted by atomic mass is 31.2. The summed E-state index contributed by atoms with van der Waals surface area (Å²) >= 11 is 0. The fourth-order valence-electron chi connectivity index (χ4n) is 3.34. The number of hydrogen-bond acceptors (Lipinski definition) is 10. The van der Waals surface area contributed by atoms with Crippen LogP contribution in [0, 0.1) is 0 Å². The Balaban J connectivity index is 2.98. The van der Waals surface area contributed by atoms with E-state index in [2.05, 4.69) is 5.32 Å². The van der Waals surface area contributed by atoms with Crippen molar-refractivity contribution >= 4 is 33.0 Å². The average molecular weight is 565 g/mol. The van der Waals surface area contributed by atoms with Crippen LogP contribution in [-0.2, 0) is 48.6 Å². The van der Waals surface area contributed by atoms with E-state index in [1.165, 1.54) is 0 Å². The molecule has 1 rings (SSSR count). The van der Waals surface area contributed by atoms with Gasteiger partial charge >= 0.3 is 25.6 Å². The number of carbonyl (C=O) groups is 3. The molecular formula is C23H37NO11P2. The SMILES string of the molecule is CCOC(=O)CC(CP(=O)(OCC)OCC)P(=O)(O)CC[C@H](NC(=O)OCc1ccccc1)C(=O)OC. The van der Waals surface area contributed by atoms with Gasteiger partial charge in [-0.15, -0.1) is 0 Å². The molecule has 37 heavy (non-hydrogen) atoms. The zero-order chi connectivity index (χ0) is 27.9. The lowest BCUT2D eigenvalue weighted by Gasteiger charge is -2.27. The molecule has 0 aliphatic rings. The van der Waals surface area contributed by atoms with Gasteiger partial charge in [-0.3, -0.25) is 13.9 Å². The van der Waals surface area contributed by atoms with Gasteiger partial charge in [0.05, 0.1) is 45.2 Å². The third-order valence-corrected chi connectivity index (χ3v) is 9.98. The Labute approximate surface area is 217 Å². The van der Waals surface area contributed by atoms with Crippen LogP contribution in [0.25, 0.3) is 0 Å². The van der Waals surface area contributed by atoms with Crippen LogP contribution >= 0.6 is 15.0 Å². The molecule has 0 saturated heterocycles. The number of rotatable bonds is 17. The molecule has 0 spiro atoms. The Bertz CT molecular complexity index is 947. The maximum absolute atomic E-state index is 13.4. The lowest BCUT2D eigenvalue weighted by molar-refractivity contribution is -0.144. The Morgan fingerprint density at radius 2 is 1.59 bits per heavy atom. The number of carbonyl (C=O) groups excluding carboxylic acids is 3. The van der Waals surface area contributed by atoms with Crippen molar-refractivity contribution in [2.75, 3.05) is 39.3 Å². The highest BCUT2D eigenvalue weighted by Crippen LogP contribution is 2.58. The first-order valence-electron chi connectivity index (χ1n) is 11.9. The van der Waals surface area contributed by atoms with Crippen LogP contribution in [0.5, 0.6) is 0 Å². The van der Waals surface area contributed by atoms with Gasteiger partial charge in [0.25, 0.3) is 0 Å². The van der Waals surface area contributed by atoms with Gasteiger partial charge in [0.2, 0.25) is 7.37 Å². The Hall–Kier alpha value is -2.23. The number of alkyl carbamates (subject to hydrolysis) is 1. The quantitative estimate of drug-likeness (QED) is 0.161. The topological polar surface area (TPSA) is 164 Å². The van der Waals surface area contributed by atoms with E-state index in [0.29, 0.717) is 0 Å². The standard InChI is InChI=1S/C23H37NO11P2/c1-5-32-21(25)15-19(17-37(30,34-6-2)35-7-3)36(28,29)14-13-20(22(26)31-4)24-23(27)33-16-18-11-9-8-10-12-18/h8-12,19-20H,5-7,13-17H2,1-4H3,(H,24,27)(H,28,29)/t19?,20-/m0/s1. The summed E-state index contributed by atoms with van der Waals surface area (Å²) in [6.45, 7) is 4.82. The molecule has 0 heterocycles. The molecule has 12 nitrogen and oxygen atoms in total. The summed E-state index contributed by atoms with van der Waals surface area (Å²) in [6, 6.07) is 7.55. The first kappa shape index (κ1) is 32.8. The van der Waals surface area contributed by atoms with E-state index >= 15 is 0 Å². The van der Waals surface area contributed by atoms with Crippen molar-refractivity contribution in [2.45, 2.75) is 51.9 Å². The summed E-state index contributed by atoms with van der Waals surface area (Å²) in [6.07, 6.45) is -2.76. The van der Waals surface area contributed by atoms with Crippen LogP contribution in [0.1, 0.15) is 39.2 Å². The number of nitrogens with one attached hydrogen (secondary N) is 1. The molecule has 0 radical (unpaired) electrons. The van der Waals surface area contributed by atoms with Gasteiger partial charge in [0, 0.05) is 6.16 Å². The Morgan fingerprint density at radius 1 is 0.973 bits per heavy atom. The molecule has 210 valence electrons. The van der Waals surface area contributed by atoms with Crippen molar-refractivity contribution in [1.29, 1.82) is 0 Å². The largest absolute Gasteiger partial charge is 0.467 e. The van der Waals surface area contributed by atoms with Crippen molar-refractivity contribution < 1.29 is 51.7 Å². The zero-order valence-corrected chi connectivity index (χ0v) is 23.4. The summed E-state index contributed by atoms with van der Waals surface area (Å²) < 4.78 is 51.6. The van der Waals surface area contributed by atoms with E-state index in [9.17, 15) is 28.4 Å². The molecule has 0 bridgehead atoms. The van der Waals surface area contributed by atoms with Gasteiger partial charge in [0.1, 0.15) is 12.6 Å². The van der Waals surface area contributed by atoms with Crippen molar-refractivity contribution in [3.8, 4) is 0 Å². The van der Waals surface area contributed by atoms with E-state index in [0.717, 1.165) is 12.7 Å². The third-order valence-electron chi connectivity index (χ3n) is 5.09. The highest BCUT2D eigenvalue weighted by Gasteiger charge is 2.41. The fraction of sp³-hybridized carbons (Fsp3) is 0.609. The van der Waals surface area contributed by atoms with E-state index in [1.807, 2.05) is 0 Å². The van der Waals surface area contributed by atoms with Crippen LogP contribution in [0.15, 0.2) is 30.3 Å². The summed E-state index contributed by atoms with van der Waals surface area (Å²) in [5.41, 5.74) is -0.610. The van der Waals surface area contributed by atoms with Gasteiger partial charge in [-0.1, -0.05) is 30.3 Å². The third kappa shape index (κ3) is 12.2. The molecule has 0 aromatic heterocycles. The van der Waals surface area contributed by atoms with Crippen LogP contribution in [0.3, 0.4) is 0 Å². The molecule has 1 amide bonds. The molecule has 2 N–H and O–H groups in total. The van der Waals surface area contributed by atoms with Gasteiger partial charge in [-0.05, 0) is 32.8 Å². The first-order valence-corrected chi connectivity index (χ1v) is 15.5. The minimum atomic E-state index is -4.27. The number of esters is 2. The van der Waals surface area contributed by atoms with Gasteiger partial charge in [-0.25, -0.2) is 9.59 Å². The number of ether oxygens (including phenoxy) is 3. The zero-order valence-electron chi connectivity index (χ0n) is 21.6. The predicted octanol–water partition coefficient (Wildman–Crippen LogP) is 3.70. The smallest absolute Gasteiger partial charge is 0.408 e. The number of benzene rings is 1. The molecule has 0 aliphatic carbocycles.